The van der Waals surface area contributed by atoms with Crippen molar-refractivity contribution in [1.29, 1.82) is 0 Å². The highest BCUT2D eigenvalue weighted by Gasteiger charge is 2.20. The minimum atomic E-state index is -0.0824. The monoisotopic (exact) mass is 261 g/mol. The van der Waals surface area contributed by atoms with Crippen LogP contribution in [0.5, 0.6) is 0 Å². The molecule has 0 bridgehead atoms. The molecule has 106 valence electrons. The fraction of sp³-hybridized carbons (Fsp3) is 0.647. The van der Waals surface area contributed by atoms with E-state index in [9.17, 15) is 0 Å². The molecule has 1 heterocycles. The van der Waals surface area contributed by atoms with Gasteiger partial charge in [-0.05, 0) is 63.2 Å². The van der Waals surface area contributed by atoms with Gasteiger partial charge in [0.2, 0.25) is 0 Å². The molecule has 0 saturated carbocycles. The first-order valence-electron chi connectivity index (χ1n) is 7.43. The van der Waals surface area contributed by atoms with Crippen LogP contribution in [0.25, 0.3) is 0 Å². The van der Waals surface area contributed by atoms with E-state index in [1.165, 1.54) is 43.5 Å². The number of hydrogen-bond acceptors (Lipinski definition) is 2. The van der Waals surface area contributed by atoms with Crippen molar-refractivity contribution < 1.29 is 4.74 Å². The quantitative estimate of drug-likeness (QED) is 0.879. The molecule has 1 saturated heterocycles. The van der Waals surface area contributed by atoms with Gasteiger partial charge in [0.1, 0.15) is 0 Å². The molecule has 19 heavy (non-hydrogen) atoms. The molecule has 1 N–H and O–H groups in total. The van der Waals surface area contributed by atoms with Crippen LogP contribution < -0.4 is 5.32 Å². The Labute approximate surface area is 117 Å². The summed E-state index contributed by atoms with van der Waals surface area (Å²) in [6.45, 7) is 6.68. The number of methoxy groups -OCH3 is 1. The number of nitrogens with one attached hydrogen (secondary N) is 1. The Morgan fingerprint density at radius 1 is 1.26 bits per heavy atom. The maximum atomic E-state index is 5.57. The molecule has 1 aliphatic rings. The van der Waals surface area contributed by atoms with Crippen LogP contribution in [0.3, 0.4) is 0 Å². The summed E-state index contributed by atoms with van der Waals surface area (Å²) in [5.41, 5.74) is 2.86. The van der Waals surface area contributed by atoms with Crippen molar-refractivity contribution in [2.24, 2.45) is 5.92 Å². The Kier molecular flexibility index (Phi) is 5.00. The van der Waals surface area contributed by atoms with E-state index in [4.69, 9.17) is 4.74 Å². The minimum absolute atomic E-state index is 0.0824. The highest BCUT2D eigenvalue weighted by molar-refractivity contribution is 5.29. The lowest BCUT2D eigenvalue weighted by Crippen LogP contribution is -2.31. The molecule has 1 aromatic rings. The molecule has 2 heteroatoms. The van der Waals surface area contributed by atoms with E-state index in [0.717, 1.165) is 12.3 Å². The van der Waals surface area contributed by atoms with Crippen LogP contribution in [0.15, 0.2) is 24.3 Å². The molecule has 0 amide bonds. The molecular weight excluding hydrogens is 234 g/mol. The summed E-state index contributed by atoms with van der Waals surface area (Å²) >= 11 is 0. The maximum absolute atomic E-state index is 5.57. The Hall–Kier alpha value is -0.860. The van der Waals surface area contributed by atoms with Gasteiger partial charge in [-0.3, -0.25) is 0 Å². The number of rotatable bonds is 5. The summed E-state index contributed by atoms with van der Waals surface area (Å²) in [4.78, 5) is 0. The zero-order valence-electron chi connectivity index (χ0n) is 12.5. The lowest BCUT2D eigenvalue weighted by atomic mass is 9.87. The predicted octanol–water partition coefficient (Wildman–Crippen LogP) is 3.20. The Balaban J connectivity index is 2.07. The van der Waals surface area contributed by atoms with Gasteiger partial charge in [-0.1, -0.05) is 24.3 Å². The largest absolute Gasteiger partial charge is 0.378 e. The first kappa shape index (κ1) is 14.5. The van der Waals surface area contributed by atoms with Gasteiger partial charge in [0.15, 0.2) is 0 Å². The highest BCUT2D eigenvalue weighted by atomic mass is 16.5. The van der Waals surface area contributed by atoms with E-state index >= 15 is 0 Å². The summed E-state index contributed by atoms with van der Waals surface area (Å²) in [5, 5.41) is 3.51. The van der Waals surface area contributed by atoms with Crippen LogP contribution in [0.4, 0.5) is 0 Å². The van der Waals surface area contributed by atoms with Crippen LogP contribution in [0, 0.1) is 5.92 Å². The third-order valence-electron chi connectivity index (χ3n) is 4.19. The topological polar surface area (TPSA) is 21.3 Å². The Morgan fingerprint density at radius 2 is 2.00 bits per heavy atom. The Bertz CT molecular complexity index is 394. The van der Waals surface area contributed by atoms with Gasteiger partial charge in [-0.2, -0.15) is 0 Å². The van der Waals surface area contributed by atoms with Gasteiger partial charge < -0.3 is 10.1 Å². The summed E-state index contributed by atoms with van der Waals surface area (Å²) in [7, 11) is 1.80. The van der Waals surface area contributed by atoms with Gasteiger partial charge in [-0.15, -0.1) is 0 Å². The second-order valence-electron chi connectivity index (χ2n) is 6.33. The zero-order chi connectivity index (χ0) is 13.7. The van der Waals surface area contributed by atoms with E-state index in [1.54, 1.807) is 7.11 Å². The van der Waals surface area contributed by atoms with Crippen molar-refractivity contribution in [2.75, 3.05) is 20.2 Å². The van der Waals surface area contributed by atoms with Crippen molar-refractivity contribution in [2.45, 2.75) is 45.1 Å². The molecule has 1 atom stereocenters. The molecule has 0 aliphatic carbocycles. The molecule has 1 aliphatic heterocycles. The van der Waals surface area contributed by atoms with Crippen molar-refractivity contribution in [3.05, 3.63) is 35.4 Å². The van der Waals surface area contributed by atoms with E-state index < -0.39 is 0 Å². The fourth-order valence-corrected chi connectivity index (χ4v) is 2.87. The molecule has 0 spiro atoms. The molecule has 0 aromatic heterocycles. The van der Waals surface area contributed by atoms with Crippen molar-refractivity contribution in [1.82, 2.24) is 5.32 Å². The summed E-state index contributed by atoms with van der Waals surface area (Å²) in [6, 6.07) is 8.85. The third-order valence-corrected chi connectivity index (χ3v) is 4.19. The lowest BCUT2D eigenvalue weighted by molar-refractivity contribution is 0.0230. The standard InChI is InChI=1S/C17H27NO/c1-17(2,19-3)12-16-9-5-4-8-15(16)11-14-7-6-10-18-13-14/h4-5,8-9,14,18H,6-7,10-13H2,1-3H3. The van der Waals surface area contributed by atoms with E-state index in [0.29, 0.717) is 0 Å². The van der Waals surface area contributed by atoms with Crippen LogP contribution >= 0.6 is 0 Å². The van der Waals surface area contributed by atoms with Gasteiger partial charge >= 0.3 is 0 Å². The molecule has 2 nitrogen and oxygen atoms in total. The fourth-order valence-electron chi connectivity index (χ4n) is 2.87. The van der Waals surface area contributed by atoms with Crippen LogP contribution in [-0.2, 0) is 17.6 Å². The van der Waals surface area contributed by atoms with E-state index in [-0.39, 0.29) is 5.60 Å². The van der Waals surface area contributed by atoms with Crippen LogP contribution in [0.1, 0.15) is 37.8 Å². The second kappa shape index (κ2) is 6.53. The third kappa shape index (κ3) is 4.32. The van der Waals surface area contributed by atoms with Crippen LogP contribution in [-0.4, -0.2) is 25.8 Å². The highest BCUT2D eigenvalue weighted by Crippen LogP contribution is 2.23. The zero-order valence-corrected chi connectivity index (χ0v) is 12.5. The number of hydrogen-bond donors (Lipinski definition) is 1. The lowest BCUT2D eigenvalue weighted by Gasteiger charge is -2.27. The summed E-state index contributed by atoms with van der Waals surface area (Å²) < 4.78 is 5.57. The van der Waals surface area contributed by atoms with Crippen molar-refractivity contribution in [3.63, 3.8) is 0 Å². The molecule has 1 unspecified atom stereocenters. The summed E-state index contributed by atoms with van der Waals surface area (Å²) in [6.07, 6.45) is 4.86. The molecule has 2 rings (SSSR count). The van der Waals surface area contributed by atoms with Crippen molar-refractivity contribution in [3.8, 4) is 0 Å². The van der Waals surface area contributed by atoms with Crippen LogP contribution in [0.2, 0.25) is 0 Å². The SMILES string of the molecule is COC(C)(C)Cc1ccccc1CC1CCCNC1. The minimum Gasteiger partial charge on any atom is -0.378 e. The number of benzene rings is 1. The van der Waals surface area contributed by atoms with Gasteiger partial charge in [0, 0.05) is 13.5 Å². The Morgan fingerprint density at radius 3 is 2.63 bits per heavy atom. The molecule has 1 fully saturated rings. The average molecular weight is 261 g/mol. The first-order chi connectivity index (χ1) is 9.11. The van der Waals surface area contributed by atoms with E-state index in [1.807, 2.05) is 0 Å². The first-order valence-corrected chi connectivity index (χ1v) is 7.43. The molecule has 0 radical (unpaired) electrons. The smallest absolute Gasteiger partial charge is 0.0663 e. The van der Waals surface area contributed by atoms with E-state index in [2.05, 4.69) is 43.4 Å². The van der Waals surface area contributed by atoms with Gasteiger partial charge in [-0.25, -0.2) is 0 Å². The van der Waals surface area contributed by atoms with Gasteiger partial charge in [0.25, 0.3) is 0 Å². The average Bonchev–Trinajstić information content (AvgIpc) is 2.42. The number of piperidine rings is 1. The summed E-state index contributed by atoms with van der Waals surface area (Å²) in [5.74, 6) is 0.792. The second-order valence-corrected chi connectivity index (χ2v) is 6.33. The number of ether oxygens (including phenoxy) is 1. The van der Waals surface area contributed by atoms with Crippen molar-refractivity contribution >= 4 is 0 Å². The maximum Gasteiger partial charge on any atom is 0.0663 e. The van der Waals surface area contributed by atoms with Gasteiger partial charge in [0.05, 0.1) is 5.60 Å². The molecule has 1 aromatic carbocycles. The normalized spacial score (nSPS) is 20.5. The molecular formula is C17H27NO. The predicted molar refractivity (Wildman–Crippen MR) is 80.5 cm³/mol.